The summed E-state index contributed by atoms with van der Waals surface area (Å²) in [4.78, 5) is 22.0. The molecule has 2 aromatic rings. The number of benzene rings is 2. The smallest absolute Gasteiger partial charge is 0.271 e. The molecule has 6 heteroatoms. The second kappa shape index (κ2) is 6.85. The van der Waals surface area contributed by atoms with Gasteiger partial charge in [-0.05, 0) is 30.2 Å². The first kappa shape index (κ1) is 15.0. The number of nitrogens with one attached hydrogen (secondary N) is 1. The Morgan fingerprint density at radius 3 is 2.57 bits per heavy atom. The van der Waals surface area contributed by atoms with Gasteiger partial charge in [0, 0.05) is 29.3 Å². The van der Waals surface area contributed by atoms with E-state index in [2.05, 4.69) is 5.32 Å². The van der Waals surface area contributed by atoms with Crippen molar-refractivity contribution < 1.29 is 9.72 Å². The molecule has 0 unspecified atom stereocenters. The number of nitrogens with zero attached hydrogens (tertiary/aromatic N) is 1. The lowest BCUT2D eigenvalue weighted by atomic mass is 10.1. The molecule has 1 N–H and O–H groups in total. The molecule has 1 amide bonds. The first-order chi connectivity index (χ1) is 10.0. The number of carbonyl (C=O) groups is 1. The van der Waals surface area contributed by atoms with Crippen LogP contribution in [0.2, 0.25) is 5.02 Å². The predicted octanol–water partition coefficient (Wildman–Crippen LogP) is 3.82. The summed E-state index contributed by atoms with van der Waals surface area (Å²) in [6.07, 6.45) is 0.877. The van der Waals surface area contributed by atoms with Crippen LogP contribution in [0.5, 0.6) is 0 Å². The highest BCUT2D eigenvalue weighted by molar-refractivity contribution is 6.30. The maximum atomic E-state index is 11.8. The van der Waals surface area contributed by atoms with Crippen LogP contribution in [0, 0.1) is 10.1 Å². The third-order valence-corrected chi connectivity index (χ3v) is 3.15. The number of nitro benzene ring substituents is 1. The van der Waals surface area contributed by atoms with E-state index in [4.69, 9.17) is 11.6 Å². The molecule has 0 aliphatic carbocycles. The van der Waals surface area contributed by atoms with E-state index in [1.165, 1.54) is 18.2 Å². The van der Waals surface area contributed by atoms with Crippen LogP contribution in [0.25, 0.3) is 0 Å². The Balaban J connectivity index is 1.91. The van der Waals surface area contributed by atoms with Gasteiger partial charge >= 0.3 is 0 Å². The monoisotopic (exact) mass is 304 g/mol. The van der Waals surface area contributed by atoms with Crippen LogP contribution in [0.1, 0.15) is 12.0 Å². The molecule has 0 aromatic heterocycles. The van der Waals surface area contributed by atoms with E-state index >= 15 is 0 Å². The Hall–Kier alpha value is -2.40. The van der Waals surface area contributed by atoms with Crippen LogP contribution in [0.3, 0.4) is 0 Å². The van der Waals surface area contributed by atoms with Gasteiger partial charge in [-0.1, -0.05) is 29.8 Å². The molecular formula is C15H13ClN2O3. The third-order valence-electron chi connectivity index (χ3n) is 2.89. The highest BCUT2D eigenvalue weighted by Crippen LogP contribution is 2.17. The van der Waals surface area contributed by atoms with Gasteiger partial charge in [0.25, 0.3) is 5.69 Å². The number of non-ortho nitro benzene ring substituents is 1. The van der Waals surface area contributed by atoms with Gasteiger partial charge in [-0.3, -0.25) is 14.9 Å². The molecule has 0 aliphatic rings. The summed E-state index contributed by atoms with van der Waals surface area (Å²) < 4.78 is 0. The van der Waals surface area contributed by atoms with Gasteiger partial charge in [0.2, 0.25) is 5.91 Å². The van der Waals surface area contributed by atoms with Gasteiger partial charge in [0.15, 0.2) is 0 Å². The standard InChI is InChI=1S/C15H13ClN2O3/c16-12-7-4-11(5-8-12)6-9-15(19)17-13-2-1-3-14(10-13)18(20)21/h1-5,7-8,10H,6,9H2,(H,17,19). The fraction of sp³-hybridized carbons (Fsp3) is 0.133. The summed E-state index contributed by atoms with van der Waals surface area (Å²) in [7, 11) is 0. The number of carbonyl (C=O) groups excluding carboxylic acids is 1. The first-order valence-corrected chi connectivity index (χ1v) is 6.71. The topological polar surface area (TPSA) is 72.2 Å². The highest BCUT2D eigenvalue weighted by atomic mass is 35.5. The normalized spacial score (nSPS) is 10.1. The number of anilines is 1. The van der Waals surface area contributed by atoms with Gasteiger partial charge in [0.1, 0.15) is 0 Å². The maximum Gasteiger partial charge on any atom is 0.271 e. The first-order valence-electron chi connectivity index (χ1n) is 6.33. The van der Waals surface area contributed by atoms with Crippen molar-refractivity contribution in [2.45, 2.75) is 12.8 Å². The molecule has 5 nitrogen and oxygen atoms in total. The zero-order valence-electron chi connectivity index (χ0n) is 11.1. The van der Waals surface area contributed by atoms with Crippen LogP contribution < -0.4 is 5.32 Å². The lowest BCUT2D eigenvalue weighted by molar-refractivity contribution is -0.384. The quantitative estimate of drug-likeness (QED) is 0.674. The van der Waals surface area contributed by atoms with Crippen LogP contribution in [0.15, 0.2) is 48.5 Å². The molecule has 0 aliphatic heterocycles. The van der Waals surface area contributed by atoms with Crippen molar-refractivity contribution >= 4 is 28.9 Å². The Kier molecular flexibility index (Phi) is 4.90. The Morgan fingerprint density at radius 1 is 1.19 bits per heavy atom. The van der Waals surface area contributed by atoms with Crippen molar-refractivity contribution in [3.05, 3.63) is 69.2 Å². The van der Waals surface area contributed by atoms with Gasteiger partial charge in [-0.2, -0.15) is 0 Å². The molecule has 0 fully saturated rings. The number of aryl methyl sites for hydroxylation is 1. The summed E-state index contributed by atoms with van der Waals surface area (Å²) in [5.74, 6) is -0.189. The fourth-order valence-corrected chi connectivity index (χ4v) is 1.96. The third kappa shape index (κ3) is 4.57. The van der Waals surface area contributed by atoms with Crippen LogP contribution in [-0.2, 0) is 11.2 Å². The van der Waals surface area contributed by atoms with E-state index in [1.54, 1.807) is 18.2 Å². The Bertz CT molecular complexity index is 656. The Labute approximate surface area is 126 Å². The fourth-order valence-electron chi connectivity index (χ4n) is 1.83. The average Bonchev–Trinajstić information content (AvgIpc) is 2.47. The van der Waals surface area contributed by atoms with Crippen molar-refractivity contribution in [2.75, 3.05) is 5.32 Å². The lowest BCUT2D eigenvalue weighted by Gasteiger charge is -2.05. The van der Waals surface area contributed by atoms with Crippen molar-refractivity contribution in [3.8, 4) is 0 Å². The zero-order chi connectivity index (χ0) is 15.2. The molecule has 0 bridgehead atoms. The molecule has 0 heterocycles. The minimum Gasteiger partial charge on any atom is -0.326 e. The van der Waals surface area contributed by atoms with Crippen molar-refractivity contribution in [1.29, 1.82) is 0 Å². The lowest BCUT2D eigenvalue weighted by Crippen LogP contribution is -2.12. The number of hydrogen-bond donors (Lipinski definition) is 1. The number of rotatable bonds is 5. The van der Waals surface area contributed by atoms with Crippen LogP contribution >= 0.6 is 11.6 Å². The molecule has 2 aromatic carbocycles. The van der Waals surface area contributed by atoms with Gasteiger partial charge in [-0.25, -0.2) is 0 Å². The van der Waals surface area contributed by atoms with Gasteiger partial charge in [-0.15, -0.1) is 0 Å². The second-order valence-corrected chi connectivity index (χ2v) is 4.92. The number of amides is 1. The van der Waals surface area contributed by atoms with E-state index in [1.807, 2.05) is 12.1 Å². The zero-order valence-corrected chi connectivity index (χ0v) is 11.8. The highest BCUT2D eigenvalue weighted by Gasteiger charge is 2.08. The van der Waals surface area contributed by atoms with Gasteiger partial charge in [0.05, 0.1) is 4.92 Å². The second-order valence-electron chi connectivity index (χ2n) is 4.48. The predicted molar refractivity (Wildman–Crippen MR) is 81.5 cm³/mol. The molecule has 2 rings (SSSR count). The average molecular weight is 305 g/mol. The Morgan fingerprint density at radius 2 is 1.90 bits per heavy atom. The minimum absolute atomic E-state index is 0.0505. The molecular weight excluding hydrogens is 292 g/mol. The molecule has 0 saturated heterocycles. The number of hydrogen-bond acceptors (Lipinski definition) is 3. The maximum absolute atomic E-state index is 11.8. The molecule has 0 radical (unpaired) electrons. The molecule has 0 saturated carbocycles. The van der Waals surface area contributed by atoms with Crippen molar-refractivity contribution in [3.63, 3.8) is 0 Å². The van der Waals surface area contributed by atoms with E-state index in [0.29, 0.717) is 23.6 Å². The molecule has 108 valence electrons. The molecule has 0 atom stereocenters. The van der Waals surface area contributed by atoms with E-state index in [0.717, 1.165) is 5.56 Å². The minimum atomic E-state index is -0.497. The summed E-state index contributed by atoms with van der Waals surface area (Å²) in [6.45, 7) is 0. The summed E-state index contributed by atoms with van der Waals surface area (Å²) in [5, 5.41) is 14.0. The summed E-state index contributed by atoms with van der Waals surface area (Å²) >= 11 is 5.79. The molecule has 21 heavy (non-hydrogen) atoms. The van der Waals surface area contributed by atoms with E-state index in [9.17, 15) is 14.9 Å². The van der Waals surface area contributed by atoms with Crippen molar-refractivity contribution in [2.24, 2.45) is 0 Å². The van der Waals surface area contributed by atoms with Gasteiger partial charge < -0.3 is 5.32 Å². The number of nitro groups is 1. The van der Waals surface area contributed by atoms with E-state index < -0.39 is 4.92 Å². The summed E-state index contributed by atoms with van der Waals surface area (Å²) in [5.41, 5.74) is 1.38. The van der Waals surface area contributed by atoms with E-state index in [-0.39, 0.29) is 11.6 Å². The largest absolute Gasteiger partial charge is 0.326 e. The summed E-state index contributed by atoms with van der Waals surface area (Å²) in [6, 6.07) is 13.1. The van der Waals surface area contributed by atoms with Crippen LogP contribution in [-0.4, -0.2) is 10.8 Å². The molecule has 0 spiro atoms. The number of halogens is 1. The van der Waals surface area contributed by atoms with Crippen molar-refractivity contribution in [1.82, 2.24) is 0 Å². The van der Waals surface area contributed by atoms with Crippen LogP contribution in [0.4, 0.5) is 11.4 Å². The SMILES string of the molecule is O=C(CCc1ccc(Cl)cc1)Nc1cccc([N+](=O)[O-])c1.